The normalized spacial score (nSPS) is 18.1. The lowest BCUT2D eigenvalue weighted by Gasteiger charge is -2.17. The molecule has 0 bridgehead atoms. The van der Waals surface area contributed by atoms with Gasteiger partial charge < -0.3 is 15.3 Å². The van der Waals surface area contributed by atoms with Gasteiger partial charge in [0.2, 0.25) is 0 Å². The number of benzene rings is 1. The molecule has 20 heavy (non-hydrogen) atoms. The van der Waals surface area contributed by atoms with Gasteiger partial charge in [-0.25, -0.2) is 9.18 Å². The van der Waals surface area contributed by atoms with Crippen molar-refractivity contribution in [3.05, 3.63) is 35.6 Å². The second kappa shape index (κ2) is 6.36. The van der Waals surface area contributed by atoms with E-state index in [0.717, 1.165) is 0 Å². The fourth-order valence-electron chi connectivity index (χ4n) is 2.36. The Morgan fingerprint density at radius 1 is 1.40 bits per heavy atom. The molecule has 6 heteroatoms. The topological polar surface area (TPSA) is 69.6 Å². The van der Waals surface area contributed by atoms with Crippen LogP contribution < -0.4 is 5.32 Å². The summed E-state index contributed by atoms with van der Waals surface area (Å²) in [6.07, 6.45) is 0.774. The summed E-state index contributed by atoms with van der Waals surface area (Å²) in [6, 6.07) is 6.00. The van der Waals surface area contributed by atoms with Crippen LogP contribution in [0.3, 0.4) is 0 Å². The third kappa shape index (κ3) is 3.69. The number of likely N-dealkylation sites (tertiary alicyclic amines) is 1. The van der Waals surface area contributed by atoms with Crippen molar-refractivity contribution < 1.29 is 19.1 Å². The second-order valence-corrected chi connectivity index (χ2v) is 4.95. The third-order valence-corrected chi connectivity index (χ3v) is 3.42. The molecule has 5 nitrogen and oxygen atoms in total. The van der Waals surface area contributed by atoms with Crippen molar-refractivity contribution in [1.82, 2.24) is 10.2 Å². The minimum atomic E-state index is -0.844. The molecule has 2 N–H and O–H groups in total. The minimum absolute atomic E-state index is 0.00621. The van der Waals surface area contributed by atoms with Crippen LogP contribution >= 0.6 is 0 Å². The molecular weight excluding hydrogens is 263 g/mol. The molecule has 108 valence electrons. The molecule has 1 aliphatic heterocycles. The molecule has 1 aliphatic rings. The highest BCUT2D eigenvalue weighted by Crippen LogP contribution is 2.19. The number of halogens is 1. The average molecular weight is 280 g/mol. The summed E-state index contributed by atoms with van der Waals surface area (Å²) in [5.74, 6) is -1.19. The van der Waals surface area contributed by atoms with Crippen molar-refractivity contribution in [2.75, 3.05) is 13.1 Å². The van der Waals surface area contributed by atoms with Crippen LogP contribution in [-0.2, 0) is 11.3 Å². The first-order valence-corrected chi connectivity index (χ1v) is 6.54. The molecule has 0 aromatic heterocycles. The Balaban J connectivity index is 1.81. The van der Waals surface area contributed by atoms with E-state index in [4.69, 9.17) is 5.11 Å². The van der Waals surface area contributed by atoms with Gasteiger partial charge in [0.15, 0.2) is 0 Å². The van der Waals surface area contributed by atoms with Crippen LogP contribution in [-0.4, -0.2) is 35.1 Å². The van der Waals surface area contributed by atoms with Gasteiger partial charge in [0.05, 0.1) is 0 Å². The van der Waals surface area contributed by atoms with Crippen LogP contribution in [0.1, 0.15) is 18.4 Å². The van der Waals surface area contributed by atoms with Gasteiger partial charge in [0.25, 0.3) is 0 Å². The molecule has 1 unspecified atom stereocenters. The maximum absolute atomic E-state index is 13.4. The van der Waals surface area contributed by atoms with Crippen molar-refractivity contribution in [3.8, 4) is 0 Å². The molecule has 1 atom stereocenters. The predicted molar refractivity (Wildman–Crippen MR) is 70.6 cm³/mol. The Morgan fingerprint density at radius 2 is 2.15 bits per heavy atom. The molecule has 0 aliphatic carbocycles. The van der Waals surface area contributed by atoms with E-state index in [9.17, 15) is 14.0 Å². The van der Waals surface area contributed by atoms with Crippen LogP contribution in [0.15, 0.2) is 24.3 Å². The molecule has 2 amide bonds. The smallest absolute Gasteiger partial charge is 0.317 e. The summed E-state index contributed by atoms with van der Waals surface area (Å²) in [5.41, 5.74) is 0.433. The Hall–Kier alpha value is -2.11. The summed E-state index contributed by atoms with van der Waals surface area (Å²) in [6.45, 7) is 1.11. The number of carboxylic acid groups (broad SMARTS) is 1. The van der Waals surface area contributed by atoms with Gasteiger partial charge in [-0.2, -0.15) is 0 Å². The lowest BCUT2D eigenvalue weighted by molar-refractivity contribution is -0.138. The van der Waals surface area contributed by atoms with Gasteiger partial charge >= 0.3 is 12.0 Å². The van der Waals surface area contributed by atoms with E-state index in [1.165, 1.54) is 6.07 Å². The molecular formula is C14H17FN2O3. The number of nitrogens with zero attached hydrogens (tertiary/aromatic N) is 1. The maximum atomic E-state index is 13.4. The minimum Gasteiger partial charge on any atom is -0.481 e. The molecule has 0 radical (unpaired) electrons. The number of amides is 2. The maximum Gasteiger partial charge on any atom is 0.317 e. The van der Waals surface area contributed by atoms with E-state index in [0.29, 0.717) is 25.1 Å². The van der Waals surface area contributed by atoms with Crippen molar-refractivity contribution >= 4 is 12.0 Å². The lowest BCUT2D eigenvalue weighted by Crippen LogP contribution is -2.38. The summed E-state index contributed by atoms with van der Waals surface area (Å²) >= 11 is 0. The van der Waals surface area contributed by atoms with Crippen molar-refractivity contribution in [1.29, 1.82) is 0 Å². The number of nitrogens with one attached hydrogen (secondary N) is 1. The van der Waals surface area contributed by atoms with Gasteiger partial charge in [-0.1, -0.05) is 18.2 Å². The van der Waals surface area contributed by atoms with E-state index in [1.807, 2.05) is 0 Å². The van der Waals surface area contributed by atoms with Crippen LogP contribution in [0.2, 0.25) is 0 Å². The van der Waals surface area contributed by atoms with Gasteiger partial charge in [-0.15, -0.1) is 0 Å². The van der Waals surface area contributed by atoms with Crippen LogP contribution in [0, 0.1) is 11.7 Å². The number of rotatable bonds is 4. The Kier molecular flexibility index (Phi) is 4.55. The summed E-state index contributed by atoms with van der Waals surface area (Å²) in [4.78, 5) is 24.1. The standard InChI is InChI=1S/C14H17FN2O3/c15-12-4-2-1-3-11(12)8-16-14(20)17-6-5-10(9-17)7-13(18)19/h1-4,10H,5-9H2,(H,16,20)(H,18,19). The van der Waals surface area contributed by atoms with E-state index < -0.39 is 5.97 Å². The number of carboxylic acids is 1. The van der Waals surface area contributed by atoms with Gasteiger partial charge in [-0.05, 0) is 18.4 Å². The molecule has 1 aromatic rings. The monoisotopic (exact) mass is 280 g/mol. The Morgan fingerprint density at radius 3 is 2.85 bits per heavy atom. The SMILES string of the molecule is O=C(O)CC1CCN(C(=O)NCc2ccccc2F)C1. The Labute approximate surface area is 116 Å². The predicted octanol–water partition coefficient (Wildman–Crippen LogP) is 1.83. The zero-order chi connectivity index (χ0) is 14.5. The average Bonchev–Trinajstić information content (AvgIpc) is 2.85. The van der Waals surface area contributed by atoms with E-state index >= 15 is 0 Å². The summed E-state index contributed by atoms with van der Waals surface area (Å²) in [5, 5.41) is 11.4. The molecule has 1 heterocycles. The first kappa shape index (κ1) is 14.3. The quantitative estimate of drug-likeness (QED) is 0.884. The van der Waals surface area contributed by atoms with E-state index in [-0.39, 0.29) is 30.7 Å². The molecule has 1 saturated heterocycles. The molecule has 0 spiro atoms. The number of urea groups is 1. The van der Waals surface area contributed by atoms with Gasteiger partial charge in [0.1, 0.15) is 5.82 Å². The molecule has 1 fully saturated rings. The lowest BCUT2D eigenvalue weighted by atomic mass is 10.1. The summed E-state index contributed by atoms with van der Waals surface area (Å²) < 4.78 is 13.4. The number of carbonyl (C=O) groups excluding carboxylic acids is 1. The third-order valence-electron chi connectivity index (χ3n) is 3.42. The van der Waals surface area contributed by atoms with Crippen molar-refractivity contribution in [3.63, 3.8) is 0 Å². The highest BCUT2D eigenvalue weighted by atomic mass is 19.1. The zero-order valence-electron chi connectivity index (χ0n) is 11.0. The second-order valence-electron chi connectivity index (χ2n) is 4.95. The zero-order valence-corrected chi connectivity index (χ0v) is 11.0. The number of aliphatic carboxylic acids is 1. The summed E-state index contributed by atoms with van der Waals surface area (Å²) in [7, 11) is 0. The number of hydrogen-bond acceptors (Lipinski definition) is 2. The first-order chi connectivity index (χ1) is 9.56. The van der Waals surface area contributed by atoms with Gasteiger partial charge in [-0.3, -0.25) is 4.79 Å². The first-order valence-electron chi connectivity index (χ1n) is 6.54. The number of hydrogen-bond donors (Lipinski definition) is 2. The fourth-order valence-corrected chi connectivity index (χ4v) is 2.36. The number of carbonyl (C=O) groups is 2. The van der Waals surface area contributed by atoms with Crippen molar-refractivity contribution in [2.45, 2.75) is 19.4 Å². The highest BCUT2D eigenvalue weighted by Gasteiger charge is 2.27. The molecule has 1 aromatic carbocycles. The van der Waals surface area contributed by atoms with E-state index in [2.05, 4.69) is 5.32 Å². The van der Waals surface area contributed by atoms with Crippen molar-refractivity contribution in [2.24, 2.45) is 5.92 Å². The largest absolute Gasteiger partial charge is 0.481 e. The highest BCUT2D eigenvalue weighted by molar-refractivity contribution is 5.74. The Bertz CT molecular complexity index is 507. The van der Waals surface area contributed by atoms with E-state index in [1.54, 1.807) is 23.1 Å². The van der Waals surface area contributed by atoms with Crippen LogP contribution in [0.5, 0.6) is 0 Å². The van der Waals surface area contributed by atoms with Crippen LogP contribution in [0.25, 0.3) is 0 Å². The van der Waals surface area contributed by atoms with Gasteiger partial charge in [0, 0.05) is 31.6 Å². The molecule has 2 rings (SSSR count). The van der Waals surface area contributed by atoms with Crippen LogP contribution in [0.4, 0.5) is 9.18 Å². The fraction of sp³-hybridized carbons (Fsp3) is 0.429. The molecule has 0 saturated carbocycles.